The monoisotopic (exact) mass is 1000 g/mol. The Balaban J connectivity index is -0.0000000403. The molecule has 0 fully saturated rings. The summed E-state index contributed by atoms with van der Waals surface area (Å²) in [6.45, 7) is 4.85. The zero-order chi connectivity index (χ0) is 9.56. The second-order valence-corrected chi connectivity index (χ2v) is 2.23. The first kappa shape index (κ1) is 43.2. The van der Waals surface area contributed by atoms with E-state index in [0.29, 0.717) is 12.1 Å². The number of ketones is 1. The maximum absolute atomic E-state index is 10.5. The van der Waals surface area contributed by atoms with Gasteiger partial charge >= 0.3 is 53.8 Å². The Bertz CT molecular complexity index is 244. The van der Waals surface area contributed by atoms with Gasteiger partial charge in [0.1, 0.15) is 5.78 Å². The van der Waals surface area contributed by atoms with Crippen LogP contribution < -0.4 is 0 Å². The van der Waals surface area contributed by atoms with Crippen LogP contribution in [0.1, 0.15) is 13.3 Å². The molecule has 0 aromatic carbocycles. The first-order valence-corrected chi connectivity index (χ1v) is 3.69. The van der Waals surface area contributed by atoms with Crippen molar-refractivity contribution in [3.63, 3.8) is 0 Å². The van der Waals surface area contributed by atoms with Crippen LogP contribution in [0, 0.1) is 12.3 Å². The van der Waals surface area contributed by atoms with Gasteiger partial charge in [-0.15, -0.1) is 5.70 Å². The third-order valence-corrected chi connectivity index (χ3v) is 1.32. The van der Waals surface area contributed by atoms with E-state index in [9.17, 15) is 4.79 Å². The van der Waals surface area contributed by atoms with E-state index in [1.807, 2.05) is 0 Å². The van der Waals surface area contributed by atoms with Crippen molar-refractivity contribution in [3.8, 4) is 0 Å². The van der Waals surface area contributed by atoms with Gasteiger partial charge in [-0.2, -0.15) is 6.20 Å². The summed E-state index contributed by atoms with van der Waals surface area (Å²) in [5.41, 5.74) is 7.41. The van der Waals surface area contributed by atoms with E-state index in [2.05, 4.69) is 30.3 Å². The zero-order valence-electron chi connectivity index (χ0n) is 9.71. The van der Waals surface area contributed by atoms with Gasteiger partial charge in [-0.1, -0.05) is 0 Å². The van der Waals surface area contributed by atoms with Gasteiger partial charge in [0.25, 0.3) is 0 Å². The Labute approximate surface area is 233 Å². The number of rotatable bonds is 4. The molecule has 0 amide bonds. The second-order valence-electron chi connectivity index (χ2n) is 2.03. The van der Waals surface area contributed by atoms with E-state index >= 15 is 0 Å². The van der Waals surface area contributed by atoms with Gasteiger partial charge < -0.3 is 41.7 Å². The van der Waals surface area contributed by atoms with Crippen molar-refractivity contribution in [1.82, 2.24) is 0 Å². The number of allylic oxidation sites excluding steroid dienone is 2. The average molecular weight is 999 g/mol. The number of Topliss-reactive ketones (excluding diaryl/α,β-unsaturated/α-hetero) is 1. The molecule has 1 N–H and O–H groups in total. The maximum Gasteiger partial charge on any atom is 3.00 e. The molecule has 3 nitrogen and oxygen atoms in total. The Morgan fingerprint density at radius 2 is 1.83 bits per heavy atom. The molecule has 2 radical (unpaired) electrons. The van der Waals surface area contributed by atoms with E-state index < -0.39 is 0 Å². The Morgan fingerprint density at radius 1 is 1.44 bits per heavy atom. The predicted molar refractivity (Wildman–Crippen MR) is 50.5 cm³/mol. The van der Waals surface area contributed by atoms with Gasteiger partial charge in [0.2, 0.25) is 0 Å². The summed E-state index contributed by atoms with van der Waals surface area (Å²) in [6, 6.07) is 0. The molecule has 0 rings (SSSR count). The SMILES string of the molecule is [CH2-]CC(=[C-][S-])[N-]C=C([NH-])C(C)=O.[W+2].[W].[W].[Y+3].[Y].[Y]. The minimum absolute atomic E-state index is 0. The third-order valence-electron chi connectivity index (χ3n) is 1.08. The fourth-order valence-electron chi connectivity index (χ4n) is 0.375. The first-order chi connectivity index (χ1) is 5.61. The molecule has 0 spiro atoms. The zero-order valence-corrected chi connectivity index (χ0v) is 27.8. The second kappa shape index (κ2) is 29.4. The number of hydrogen-bond acceptors (Lipinski definition) is 2. The molecule has 0 bridgehead atoms. The van der Waals surface area contributed by atoms with Crippen molar-refractivity contribution in [1.29, 1.82) is 0 Å². The van der Waals surface area contributed by atoms with Crippen molar-refractivity contribution in [3.05, 3.63) is 41.0 Å². The molecular weight excluding hydrogens is 990 g/mol. The molecule has 10 heteroatoms. The Kier molecular flexibility index (Phi) is 70.5. The summed E-state index contributed by atoms with van der Waals surface area (Å²) in [7, 11) is 0. The predicted octanol–water partition coefficient (Wildman–Crippen LogP) is 2.24. The molecule has 0 aliphatic carbocycles. The van der Waals surface area contributed by atoms with Crippen molar-refractivity contribution < 1.29 is 166 Å². The van der Waals surface area contributed by atoms with E-state index in [4.69, 9.17) is 5.73 Å². The minimum Gasteiger partial charge on any atom is -1.04 e. The fraction of sp³-hybridized carbons (Fsp3) is 0.250. The number of carbonyl (C=O) groups excluding carboxylic acids is 1. The Hall–Kier alpha value is 4.35. The van der Waals surface area contributed by atoms with Gasteiger partial charge in [0.05, 0.1) is 0 Å². The summed E-state index contributed by atoms with van der Waals surface area (Å²) in [5, 5.41) is 6.13. The molecule has 0 saturated carbocycles. The van der Waals surface area contributed by atoms with Crippen LogP contribution in [-0.2, 0) is 179 Å². The number of carbonyl (C=O) groups is 1. The van der Waals surface area contributed by atoms with Crippen LogP contribution in [0.25, 0.3) is 11.1 Å². The molecule has 0 unspecified atom stereocenters. The van der Waals surface area contributed by atoms with Gasteiger partial charge in [-0.25, -0.2) is 6.42 Å². The van der Waals surface area contributed by atoms with E-state index in [1.165, 1.54) is 6.92 Å². The summed E-state index contributed by atoms with van der Waals surface area (Å²) in [5.74, 6) is -0.327. The molecule has 0 heterocycles. The van der Waals surface area contributed by atoms with Gasteiger partial charge in [0, 0.05) is 108 Å². The smallest absolute Gasteiger partial charge is 1.04 e. The van der Waals surface area contributed by atoms with Gasteiger partial charge in [-0.05, 0) is 6.92 Å². The van der Waals surface area contributed by atoms with Gasteiger partial charge in [-0.3, -0.25) is 4.79 Å². The van der Waals surface area contributed by atoms with E-state index in [-0.39, 0.29) is 173 Å². The third kappa shape index (κ3) is 25.3. The molecule has 0 saturated heterocycles. The summed E-state index contributed by atoms with van der Waals surface area (Å²) in [6.07, 6.45) is 1.56. The van der Waals surface area contributed by atoms with Crippen molar-refractivity contribution in [2.24, 2.45) is 0 Å². The maximum atomic E-state index is 10.5. The van der Waals surface area contributed by atoms with Crippen molar-refractivity contribution in [2.75, 3.05) is 0 Å². The minimum atomic E-state index is -0.327. The van der Waals surface area contributed by atoms with Crippen LogP contribution in [0.4, 0.5) is 0 Å². The molecule has 0 aromatic rings. The first-order valence-electron chi connectivity index (χ1n) is 3.28. The average Bonchev–Trinajstić information content (AvgIpc) is 2.05. The van der Waals surface area contributed by atoms with E-state index in [1.54, 1.807) is 0 Å². The van der Waals surface area contributed by atoms with Crippen LogP contribution >= 0.6 is 0 Å². The van der Waals surface area contributed by atoms with Crippen molar-refractivity contribution in [2.45, 2.75) is 13.3 Å². The van der Waals surface area contributed by atoms with Crippen LogP contribution in [0.2, 0.25) is 0 Å². The molecule has 18 heavy (non-hydrogen) atoms. The van der Waals surface area contributed by atoms with Crippen molar-refractivity contribution >= 4 is 18.4 Å². The molecule has 0 aromatic heterocycles. The fourth-order valence-corrected chi connectivity index (χ4v) is 0.530. The standard InChI is InChI=1S/C8H10N2OS.3W.3Y/c1-3-7(5-12)10-4-8(9)6(2)11;;;;;;/h4,9H,1,3H2,2H3,(H-,10,11,12);;;;;;/q-4;;;+2;;;+3/p-1. The summed E-state index contributed by atoms with van der Waals surface area (Å²) >= 11 is 4.49. The largest absolute Gasteiger partial charge is 3.00 e. The van der Waals surface area contributed by atoms with Crippen LogP contribution in [0.15, 0.2) is 17.6 Å². The number of nitrogens with zero attached hydrogens (tertiary/aromatic N) is 1. The molecule has 0 atom stereocenters. The number of hydrogen-bond donors (Lipinski definition) is 0. The van der Waals surface area contributed by atoms with Crippen LogP contribution in [-0.4, -0.2) is 5.78 Å². The molecule has 90 valence electrons. The topological polar surface area (TPSA) is 55.0 Å². The molecular formula is C8H9N2OSW3Y3. The summed E-state index contributed by atoms with van der Waals surface area (Å²) in [4.78, 5) is 10.5. The van der Waals surface area contributed by atoms with Crippen LogP contribution in [0.3, 0.4) is 0 Å². The normalized spacial score (nSPS) is 8.56. The molecule has 0 aliphatic heterocycles. The molecule has 0 aliphatic rings. The van der Waals surface area contributed by atoms with E-state index in [0.717, 1.165) is 6.20 Å². The number of nitrogens with one attached hydrogen (secondary N) is 1. The van der Waals surface area contributed by atoms with Gasteiger partial charge in [0.15, 0.2) is 0 Å². The Morgan fingerprint density at radius 3 is 2.06 bits per heavy atom. The summed E-state index contributed by atoms with van der Waals surface area (Å²) < 4.78 is 0. The van der Waals surface area contributed by atoms with Crippen LogP contribution in [0.5, 0.6) is 0 Å². The quantitative estimate of drug-likeness (QED) is 0.247.